The zero-order valence-electron chi connectivity index (χ0n) is 8.26. The van der Waals surface area contributed by atoms with E-state index in [4.69, 9.17) is 5.73 Å². The van der Waals surface area contributed by atoms with Crippen molar-refractivity contribution in [3.8, 4) is 0 Å². The van der Waals surface area contributed by atoms with Gasteiger partial charge in [-0.2, -0.15) is 5.06 Å². The van der Waals surface area contributed by atoms with Gasteiger partial charge in [0.05, 0.1) is 5.54 Å². The maximum atomic E-state index is 9.82. The molecule has 0 aromatic carbocycles. The molecule has 12 heavy (non-hydrogen) atoms. The quantitative estimate of drug-likeness (QED) is 0.579. The van der Waals surface area contributed by atoms with Gasteiger partial charge in [0.1, 0.15) is 0 Å². The van der Waals surface area contributed by atoms with Crippen molar-refractivity contribution in [2.45, 2.75) is 45.2 Å². The van der Waals surface area contributed by atoms with Crippen molar-refractivity contribution in [2.24, 2.45) is 5.73 Å². The van der Waals surface area contributed by atoms with Gasteiger partial charge in [-0.15, -0.1) is 0 Å². The van der Waals surface area contributed by atoms with Crippen LogP contribution in [0.1, 0.15) is 34.1 Å². The second-order valence-corrected chi connectivity index (χ2v) is 4.55. The van der Waals surface area contributed by atoms with E-state index in [2.05, 4.69) is 0 Å². The smallest absolute Gasteiger partial charge is 0.0636 e. The van der Waals surface area contributed by atoms with Gasteiger partial charge in [-0.05, 0) is 45.9 Å². The van der Waals surface area contributed by atoms with Crippen LogP contribution in [-0.4, -0.2) is 21.3 Å². The van der Waals surface area contributed by atoms with Crippen molar-refractivity contribution in [3.63, 3.8) is 0 Å². The monoisotopic (exact) mass is 170 g/mol. The lowest BCUT2D eigenvalue weighted by Crippen LogP contribution is -2.46. The third kappa shape index (κ3) is 1.13. The van der Waals surface area contributed by atoms with Gasteiger partial charge in [0.25, 0.3) is 0 Å². The van der Waals surface area contributed by atoms with Gasteiger partial charge >= 0.3 is 0 Å². The molecular weight excluding hydrogens is 152 g/mol. The van der Waals surface area contributed by atoms with Crippen LogP contribution in [-0.2, 0) is 0 Å². The molecule has 3 N–H and O–H groups in total. The van der Waals surface area contributed by atoms with E-state index in [1.807, 2.05) is 27.7 Å². The second kappa shape index (κ2) is 2.47. The molecule has 1 rings (SSSR count). The summed E-state index contributed by atoms with van der Waals surface area (Å²) in [5, 5.41) is 11.2. The van der Waals surface area contributed by atoms with Gasteiger partial charge in [0.2, 0.25) is 0 Å². The third-order valence-electron chi connectivity index (χ3n) is 2.71. The fourth-order valence-electron chi connectivity index (χ4n) is 1.91. The average molecular weight is 170 g/mol. The van der Waals surface area contributed by atoms with Crippen molar-refractivity contribution in [1.82, 2.24) is 5.06 Å². The van der Waals surface area contributed by atoms with Crippen molar-refractivity contribution < 1.29 is 5.21 Å². The van der Waals surface area contributed by atoms with E-state index in [-0.39, 0.29) is 11.1 Å². The average Bonchev–Trinajstić information content (AvgIpc) is 2.11. The minimum Gasteiger partial charge on any atom is -0.405 e. The fourth-order valence-corrected chi connectivity index (χ4v) is 1.91. The van der Waals surface area contributed by atoms with Gasteiger partial charge in [-0.3, -0.25) is 0 Å². The Kier molecular flexibility index (Phi) is 1.97. The minimum atomic E-state index is -0.321. The molecule has 0 bridgehead atoms. The maximum Gasteiger partial charge on any atom is 0.0636 e. The molecule has 3 nitrogen and oxygen atoms in total. The van der Waals surface area contributed by atoms with Crippen LogP contribution < -0.4 is 5.73 Å². The van der Waals surface area contributed by atoms with Gasteiger partial charge in [0.15, 0.2) is 0 Å². The number of hydrogen-bond donors (Lipinski definition) is 2. The summed E-state index contributed by atoms with van der Waals surface area (Å²) in [5.74, 6) is 0. The first kappa shape index (κ1) is 9.55. The highest BCUT2D eigenvalue weighted by Crippen LogP contribution is 2.42. The molecule has 0 aliphatic carbocycles. The van der Waals surface area contributed by atoms with E-state index in [9.17, 15) is 5.21 Å². The lowest BCUT2D eigenvalue weighted by Gasteiger charge is -2.33. The van der Waals surface area contributed by atoms with Gasteiger partial charge < -0.3 is 10.9 Å². The molecule has 0 spiro atoms. The zero-order valence-corrected chi connectivity index (χ0v) is 8.26. The minimum absolute atomic E-state index is 0.200. The van der Waals surface area contributed by atoms with Crippen LogP contribution in [0.5, 0.6) is 0 Å². The van der Waals surface area contributed by atoms with Crippen LogP contribution in [0.2, 0.25) is 0 Å². The molecule has 1 fully saturated rings. The van der Waals surface area contributed by atoms with Gasteiger partial charge in [-0.25, -0.2) is 0 Å². The Labute approximate surface area is 73.8 Å². The highest BCUT2D eigenvalue weighted by molar-refractivity contribution is 5.25. The van der Waals surface area contributed by atoms with Crippen LogP contribution in [0.25, 0.3) is 0 Å². The maximum absolute atomic E-state index is 9.82. The molecule has 0 amide bonds. The molecule has 0 saturated carbocycles. The van der Waals surface area contributed by atoms with Crippen LogP contribution in [0.3, 0.4) is 0 Å². The number of rotatable bonds is 0. The Morgan fingerprint density at radius 2 is 1.92 bits per heavy atom. The lowest BCUT2D eigenvalue weighted by molar-refractivity contribution is -0.187. The molecule has 1 heterocycles. The van der Waals surface area contributed by atoms with Crippen molar-refractivity contribution >= 4 is 0 Å². The molecule has 1 aliphatic heterocycles. The molecule has 1 aliphatic rings. The van der Waals surface area contributed by atoms with Crippen molar-refractivity contribution in [3.05, 3.63) is 11.8 Å². The van der Waals surface area contributed by atoms with Gasteiger partial charge in [0, 0.05) is 5.54 Å². The molecule has 0 unspecified atom stereocenters. The van der Waals surface area contributed by atoms with E-state index in [0.29, 0.717) is 0 Å². The summed E-state index contributed by atoms with van der Waals surface area (Å²) in [6.45, 7) is 7.96. The standard InChI is InChI=1S/C9H18N2O/c1-8(2)5-7(6-10)9(3,4)11(8)12/h6,12H,5,10H2,1-4H3. The molecule has 0 atom stereocenters. The Hall–Kier alpha value is -0.540. The molecule has 3 heteroatoms. The Morgan fingerprint density at radius 1 is 1.42 bits per heavy atom. The van der Waals surface area contributed by atoms with Gasteiger partial charge in [-0.1, -0.05) is 0 Å². The predicted octanol–water partition coefficient (Wildman–Crippen LogP) is 1.48. The zero-order chi connectivity index (χ0) is 9.57. The molecule has 0 aromatic heterocycles. The first-order valence-electron chi connectivity index (χ1n) is 4.23. The van der Waals surface area contributed by atoms with Crippen LogP contribution >= 0.6 is 0 Å². The summed E-state index contributed by atoms with van der Waals surface area (Å²) in [6.07, 6.45) is 2.44. The molecule has 70 valence electrons. The lowest BCUT2D eigenvalue weighted by atomic mass is 9.95. The Morgan fingerprint density at radius 3 is 2.08 bits per heavy atom. The highest BCUT2D eigenvalue weighted by Gasteiger charge is 2.47. The second-order valence-electron chi connectivity index (χ2n) is 4.55. The number of nitrogens with zero attached hydrogens (tertiary/aromatic N) is 1. The first-order valence-corrected chi connectivity index (χ1v) is 4.23. The highest BCUT2D eigenvalue weighted by atomic mass is 16.5. The SMILES string of the molecule is CC1(C)CC(=CN)C(C)(C)N1O. The summed E-state index contributed by atoms with van der Waals surface area (Å²) in [6, 6.07) is 0. The summed E-state index contributed by atoms with van der Waals surface area (Å²) in [5.41, 5.74) is 6.06. The predicted molar refractivity (Wildman–Crippen MR) is 48.7 cm³/mol. The first-order chi connectivity index (χ1) is 5.32. The van der Waals surface area contributed by atoms with Crippen LogP contribution in [0.4, 0.5) is 0 Å². The summed E-state index contributed by atoms with van der Waals surface area (Å²) in [7, 11) is 0. The number of hydrogen-bond acceptors (Lipinski definition) is 3. The van der Waals surface area contributed by atoms with Crippen LogP contribution in [0, 0.1) is 0 Å². The summed E-state index contributed by atoms with van der Waals surface area (Å²) < 4.78 is 0. The van der Waals surface area contributed by atoms with E-state index >= 15 is 0 Å². The Balaban J connectivity index is 3.05. The summed E-state index contributed by atoms with van der Waals surface area (Å²) >= 11 is 0. The normalized spacial score (nSPS) is 31.2. The topological polar surface area (TPSA) is 49.5 Å². The summed E-state index contributed by atoms with van der Waals surface area (Å²) in [4.78, 5) is 0. The molecule has 1 saturated heterocycles. The molecular formula is C9H18N2O. The number of hydroxylamine groups is 2. The molecule has 0 aromatic rings. The van der Waals surface area contributed by atoms with E-state index in [1.54, 1.807) is 6.20 Å². The van der Waals surface area contributed by atoms with Crippen molar-refractivity contribution in [1.29, 1.82) is 0 Å². The van der Waals surface area contributed by atoms with Crippen molar-refractivity contribution in [2.75, 3.05) is 0 Å². The third-order valence-corrected chi connectivity index (χ3v) is 2.71. The molecule has 0 radical (unpaired) electrons. The van der Waals surface area contributed by atoms with E-state index in [0.717, 1.165) is 12.0 Å². The largest absolute Gasteiger partial charge is 0.405 e. The van der Waals surface area contributed by atoms with E-state index < -0.39 is 0 Å². The fraction of sp³-hybridized carbons (Fsp3) is 0.778. The Bertz CT molecular complexity index is 219. The van der Waals surface area contributed by atoms with Crippen LogP contribution in [0.15, 0.2) is 11.8 Å². The number of nitrogens with two attached hydrogens (primary N) is 1. The van der Waals surface area contributed by atoms with E-state index in [1.165, 1.54) is 5.06 Å².